The van der Waals surface area contributed by atoms with E-state index in [2.05, 4.69) is 38.2 Å². The van der Waals surface area contributed by atoms with Crippen LogP contribution in [-0.4, -0.2) is 24.5 Å². The molecule has 1 saturated carbocycles. The summed E-state index contributed by atoms with van der Waals surface area (Å²) in [7, 11) is 1.37. The quantitative estimate of drug-likeness (QED) is 0.781. The van der Waals surface area contributed by atoms with Crippen molar-refractivity contribution in [3.63, 3.8) is 0 Å². The van der Waals surface area contributed by atoms with Crippen molar-refractivity contribution in [1.82, 2.24) is 5.32 Å². The van der Waals surface area contributed by atoms with Crippen molar-refractivity contribution in [3.05, 3.63) is 34.4 Å². The number of amides is 1. The van der Waals surface area contributed by atoms with Crippen molar-refractivity contribution in [3.8, 4) is 0 Å². The maximum absolute atomic E-state index is 12.7. The Balaban J connectivity index is 2.22. The van der Waals surface area contributed by atoms with Gasteiger partial charge in [0.25, 0.3) is 0 Å². The predicted molar refractivity (Wildman–Crippen MR) is 94.9 cm³/mol. The minimum atomic E-state index is -0.907. The number of aryl methyl sites for hydroxylation is 3. The van der Waals surface area contributed by atoms with E-state index in [1.807, 2.05) is 0 Å². The van der Waals surface area contributed by atoms with Crippen molar-refractivity contribution >= 4 is 11.9 Å². The van der Waals surface area contributed by atoms with E-state index < -0.39 is 5.54 Å². The van der Waals surface area contributed by atoms with E-state index in [-0.39, 0.29) is 17.8 Å². The van der Waals surface area contributed by atoms with Crippen LogP contribution in [0.4, 0.5) is 0 Å². The average Bonchev–Trinajstić information content (AvgIpc) is 3.40. The van der Waals surface area contributed by atoms with Crippen LogP contribution in [0, 0.1) is 12.8 Å². The lowest BCUT2D eigenvalue weighted by Crippen LogP contribution is -2.55. The van der Waals surface area contributed by atoms with Gasteiger partial charge >= 0.3 is 5.97 Å². The zero-order valence-electron chi connectivity index (χ0n) is 15.5. The molecule has 0 bridgehead atoms. The van der Waals surface area contributed by atoms with Crippen LogP contribution in [-0.2, 0) is 33.6 Å². The third-order valence-corrected chi connectivity index (χ3v) is 5.08. The van der Waals surface area contributed by atoms with Gasteiger partial charge in [-0.1, -0.05) is 31.5 Å². The van der Waals surface area contributed by atoms with Gasteiger partial charge in [0.1, 0.15) is 5.54 Å². The van der Waals surface area contributed by atoms with Crippen molar-refractivity contribution in [2.45, 2.75) is 65.3 Å². The maximum Gasteiger partial charge on any atom is 0.331 e. The largest absolute Gasteiger partial charge is 0.467 e. The molecule has 0 aliphatic heterocycles. The first-order valence-electron chi connectivity index (χ1n) is 8.86. The fourth-order valence-corrected chi connectivity index (χ4v) is 3.52. The lowest BCUT2D eigenvalue weighted by molar-refractivity contribution is -0.151. The van der Waals surface area contributed by atoms with E-state index in [1.165, 1.54) is 23.8 Å². The third kappa shape index (κ3) is 3.80. The van der Waals surface area contributed by atoms with Gasteiger partial charge in [0.2, 0.25) is 5.91 Å². The van der Waals surface area contributed by atoms with E-state index in [1.54, 1.807) is 6.92 Å². The number of hydrogen-bond donors (Lipinski definition) is 1. The molecule has 0 spiro atoms. The Labute approximate surface area is 145 Å². The number of rotatable bonds is 7. The molecule has 1 aromatic carbocycles. The lowest BCUT2D eigenvalue weighted by Gasteiger charge is -2.28. The first kappa shape index (κ1) is 18.5. The smallest absolute Gasteiger partial charge is 0.331 e. The van der Waals surface area contributed by atoms with Crippen molar-refractivity contribution < 1.29 is 14.3 Å². The van der Waals surface area contributed by atoms with Crippen LogP contribution in [0.5, 0.6) is 0 Å². The standard InChI is InChI=1S/C20H29NO3/c1-6-14-10-13(3)11-15(7-2)17(14)12-18(22)21-20(4,16-8-9-16)19(23)24-5/h10-11,16H,6-9,12H2,1-5H3,(H,21,22). The van der Waals surface area contributed by atoms with Gasteiger partial charge in [-0.3, -0.25) is 4.79 Å². The average molecular weight is 331 g/mol. The number of carbonyl (C=O) groups excluding carboxylic acids is 2. The molecule has 1 amide bonds. The zero-order valence-corrected chi connectivity index (χ0v) is 15.5. The Morgan fingerprint density at radius 3 is 2.17 bits per heavy atom. The highest BCUT2D eigenvalue weighted by molar-refractivity contribution is 5.89. The molecular formula is C20H29NO3. The molecule has 4 nitrogen and oxygen atoms in total. The van der Waals surface area contributed by atoms with Crippen LogP contribution >= 0.6 is 0 Å². The monoisotopic (exact) mass is 331 g/mol. The number of methoxy groups -OCH3 is 1. The molecular weight excluding hydrogens is 302 g/mol. The molecule has 1 unspecified atom stereocenters. The van der Waals surface area contributed by atoms with Crippen LogP contribution in [0.3, 0.4) is 0 Å². The van der Waals surface area contributed by atoms with Gasteiger partial charge in [0.15, 0.2) is 0 Å². The first-order chi connectivity index (χ1) is 11.3. The minimum absolute atomic E-state index is 0.108. The highest BCUT2D eigenvalue weighted by Gasteiger charge is 2.49. The summed E-state index contributed by atoms with van der Waals surface area (Å²) in [6, 6.07) is 4.31. The lowest BCUT2D eigenvalue weighted by atomic mass is 9.91. The van der Waals surface area contributed by atoms with E-state index in [4.69, 9.17) is 4.74 Å². The minimum Gasteiger partial charge on any atom is -0.467 e. The van der Waals surface area contributed by atoms with Crippen LogP contribution in [0.15, 0.2) is 12.1 Å². The van der Waals surface area contributed by atoms with Gasteiger partial charge in [-0.2, -0.15) is 0 Å². The molecule has 0 saturated heterocycles. The molecule has 0 radical (unpaired) electrons. The molecule has 1 fully saturated rings. The molecule has 1 N–H and O–H groups in total. The van der Waals surface area contributed by atoms with Crippen molar-refractivity contribution in [1.29, 1.82) is 0 Å². The Kier molecular flexibility index (Phi) is 5.68. The van der Waals surface area contributed by atoms with E-state index in [0.717, 1.165) is 31.2 Å². The zero-order chi connectivity index (χ0) is 17.9. The highest BCUT2D eigenvalue weighted by atomic mass is 16.5. The number of nitrogens with one attached hydrogen (secondary N) is 1. The number of benzene rings is 1. The third-order valence-electron chi connectivity index (χ3n) is 5.08. The summed E-state index contributed by atoms with van der Waals surface area (Å²) in [5, 5.41) is 2.96. The van der Waals surface area contributed by atoms with E-state index in [9.17, 15) is 9.59 Å². The number of ether oxygens (including phenoxy) is 1. The normalized spacial score (nSPS) is 16.4. The van der Waals surface area contributed by atoms with Gasteiger partial charge in [-0.05, 0) is 62.1 Å². The van der Waals surface area contributed by atoms with Crippen molar-refractivity contribution in [2.75, 3.05) is 7.11 Å². The van der Waals surface area contributed by atoms with Gasteiger partial charge in [-0.25, -0.2) is 4.79 Å². The van der Waals surface area contributed by atoms with E-state index in [0.29, 0.717) is 6.42 Å². The predicted octanol–water partition coefficient (Wildman–Crippen LogP) is 3.12. The SMILES string of the molecule is CCc1cc(C)cc(CC)c1CC(=O)NC(C)(C(=O)OC)C1CC1. The van der Waals surface area contributed by atoms with Crippen LogP contribution < -0.4 is 5.32 Å². The summed E-state index contributed by atoms with van der Waals surface area (Å²) >= 11 is 0. The van der Waals surface area contributed by atoms with Crippen LogP contribution in [0.25, 0.3) is 0 Å². The van der Waals surface area contributed by atoms with Crippen molar-refractivity contribution in [2.24, 2.45) is 5.92 Å². The summed E-state index contributed by atoms with van der Waals surface area (Å²) in [6.07, 6.45) is 4.02. The van der Waals surface area contributed by atoms with Crippen LogP contribution in [0.1, 0.15) is 55.9 Å². The molecule has 4 heteroatoms. The molecule has 1 aromatic rings. The topological polar surface area (TPSA) is 55.4 Å². The number of carbonyl (C=O) groups is 2. The summed E-state index contributed by atoms with van der Waals surface area (Å²) in [4.78, 5) is 24.8. The first-order valence-corrected chi connectivity index (χ1v) is 8.86. The fourth-order valence-electron chi connectivity index (χ4n) is 3.52. The second-order valence-corrected chi connectivity index (χ2v) is 6.96. The van der Waals surface area contributed by atoms with Gasteiger partial charge in [-0.15, -0.1) is 0 Å². The molecule has 24 heavy (non-hydrogen) atoms. The van der Waals surface area contributed by atoms with Gasteiger partial charge in [0.05, 0.1) is 13.5 Å². The second kappa shape index (κ2) is 7.37. The molecule has 132 valence electrons. The molecule has 2 rings (SSSR count). The summed E-state index contributed by atoms with van der Waals surface area (Å²) in [6.45, 7) is 8.09. The second-order valence-electron chi connectivity index (χ2n) is 6.96. The van der Waals surface area contributed by atoms with Gasteiger partial charge < -0.3 is 10.1 Å². The molecule has 1 aliphatic rings. The molecule has 0 aromatic heterocycles. The Morgan fingerprint density at radius 1 is 1.21 bits per heavy atom. The maximum atomic E-state index is 12.7. The van der Waals surface area contributed by atoms with E-state index >= 15 is 0 Å². The Bertz CT molecular complexity index is 609. The number of hydrogen-bond acceptors (Lipinski definition) is 3. The van der Waals surface area contributed by atoms with Gasteiger partial charge in [0, 0.05) is 0 Å². The Hall–Kier alpha value is -1.84. The molecule has 1 atom stereocenters. The molecule has 0 heterocycles. The number of esters is 1. The summed E-state index contributed by atoms with van der Waals surface area (Å²) in [5.41, 5.74) is 3.85. The fraction of sp³-hybridized carbons (Fsp3) is 0.600. The summed E-state index contributed by atoms with van der Waals surface area (Å²) in [5.74, 6) is -0.278. The summed E-state index contributed by atoms with van der Waals surface area (Å²) < 4.78 is 4.92. The molecule has 1 aliphatic carbocycles. The Morgan fingerprint density at radius 2 is 1.75 bits per heavy atom. The van der Waals surface area contributed by atoms with Crippen LogP contribution in [0.2, 0.25) is 0 Å². The highest BCUT2D eigenvalue weighted by Crippen LogP contribution is 2.40.